The van der Waals surface area contributed by atoms with Crippen molar-refractivity contribution in [1.29, 1.82) is 0 Å². The lowest BCUT2D eigenvalue weighted by atomic mass is 10.2. The first-order valence-electron chi connectivity index (χ1n) is 6.69. The fraction of sp³-hybridized carbons (Fsp3) is 0.286. The second kappa shape index (κ2) is 6.70. The standard InChI is InChI=1S/C14H18N6O2/c1-10-6-4-5-7-11(10)15-13(21)9-20-8-12(17-18-20)16-14(22)19(2)3/h4-8H,9H2,1-3H3,(H,15,21)(H,16,22). The second-order valence-corrected chi connectivity index (χ2v) is 4.99. The van der Waals surface area contributed by atoms with E-state index >= 15 is 0 Å². The molecule has 0 aliphatic carbocycles. The molecule has 2 rings (SSSR count). The Kier molecular flexibility index (Phi) is 4.72. The molecule has 22 heavy (non-hydrogen) atoms. The lowest BCUT2D eigenvalue weighted by molar-refractivity contribution is -0.116. The summed E-state index contributed by atoms with van der Waals surface area (Å²) in [6.07, 6.45) is 1.50. The van der Waals surface area contributed by atoms with E-state index in [1.807, 2.05) is 31.2 Å². The highest BCUT2D eigenvalue weighted by Gasteiger charge is 2.10. The van der Waals surface area contributed by atoms with Crippen LogP contribution in [0, 0.1) is 6.92 Å². The third-order valence-electron chi connectivity index (χ3n) is 2.90. The van der Waals surface area contributed by atoms with Gasteiger partial charge in [-0.2, -0.15) is 0 Å². The quantitative estimate of drug-likeness (QED) is 0.891. The van der Waals surface area contributed by atoms with Crippen molar-refractivity contribution in [2.75, 3.05) is 24.7 Å². The van der Waals surface area contributed by atoms with Gasteiger partial charge in [-0.1, -0.05) is 23.4 Å². The first-order valence-corrected chi connectivity index (χ1v) is 6.69. The first kappa shape index (κ1) is 15.5. The van der Waals surface area contributed by atoms with Crippen LogP contribution in [0.2, 0.25) is 0 Å². The van der Waals surface area contributed by atoms with Gasteiger partial charge in [0.15, 0.2) is 5.82 Å². The minimum atomic E-state index is -0.309. The van der Waals surface area contributed by atoms with Crippen LogP contribution in [0.5, 0.6) is 0 Å². The smallest absolute Gasteiger partial charge is 0.322 e. The number of nitrogens with one attached hydrogen (secondary N) is 2. The van der Waals surface area contributed by atoms with E-state index in [1.165, 1.54) is 15.8 Å². The number of hydrogen-bond acceptors (Lipinski definition) is 4. The van der Waals surface area contributed by atoms with E-state index in [-0.39, 0.29) is 18.5 Å². The predicted molar refractivity (Wildman–Crippen MR) is 82.5 cm³/mol. The normalized spacial score (nSPS) is 10.1. The van der Waals surface area contributed by atoms with E-state index < -0.39 is 0 Å². The summed E-state index contributed by atoms with van der Waals surface area (Å²) in [6, 6.07) is 7.20. The number of hydrogen-bond donors (Lipinski definition) is 2. The number of amides is 3. The monoisotopic (exact) mass is 302 g/mol. The lowest BCUT2D eigenvalue weighted by Crippen LogP contribution is -2.27. The average molecular weight is 302 g/mol. The number of carbonyl (C=O) groups is 2. The molecule has 0 spiro atoms. The molecule has 0 bridgehead atoms. The predicted octanol–water partition coefficient (Wildman–Crippen LogP) is 1.32. The summed E-state index contributed by atoms with van der Waals surface area (Å²) < 4.78 is 1.36. The lowest BCUT2D eigenvalue weighted by Gasteiger charge is -2.09. The van der Waals surface area contributed by atoms with Gasteiger partial charge in [-0.25, -0.2) is 9.48 Å². The Hall–Kier alpha value is -2.90. The Morgan fingerprint density at radius 2 is 1.95 bits per heavy atom. The van der Waals surface area contributed by atoms with Gasteiger partial charge in [0, 0.05) is 19.8 Å². The maximum Gasteiger partial charge on any atom is 0.322 e. The van der Waals surface area contributed by atoms with Crippen molar-refractivity contribution in [2.24, 2.45) is 0 Å². The van der Waals surface area contributed by atoms with Crippen LogP contribution in [-0.4, -0.2) is 45.9 Å². The summed E-state index contributed by atoms with van der Waals surface area (Å²) in [5, 5.41) is 13.0. The van der Waals surface area contributed by atoms with Crippen LogP contribution < -0.4 is 10.6 Å². The molecule has 8 nitrogen and oxygen atoms in total. The van der Waals surface area contributed by atoms with Crippen LogP contribution in [0.1, 0.15) is 5.56 Å². The third kappa shape index (κ3) is 4.05. The zero-order valence-electron chi connectivity index (χ0n) is 12.7. The van der Waals surface area contributed by atoms with Gasteiger partial charge in [0.25, 0.3) is 0 Å². The summed E-state index contributed by atoms with van der Waals surface area (Å²) in [6.45, 7) is 1.93. The number of anilines is 2. The molecule has 116 valence electrons. The van der Waals surface area contributed by atoms with E-state index in [0.29, 0.717) is 5.82 Å². The topological polar surface area (TPSA) is 92.2 Å². The minimum Gasteiger partial charge on any atom is -0.331 e. The highest BCUT2D eigenvalue weighted by Crippen LogP contribution is 2.13. The van der Waals surface area contributed by atoms with Crippen LogP contribution in [0.3, 0.4) is 0 Å². The SMILES string of the molecule is Cc1ccccc1NC(=O)Cn1cc(NC(=O)N(C)C)nn1. The van der Waals surface area contributed by atoms with Crippen molar-refractivity contribution in [2.45, 2.75) is 13.5 Å². The van der Waals surface area contributed by atoms with Crippen LogP contribution in [0.25, 0.3) is 0 Å². The number of rotatable bonds is 4. The Bertz CT molecular complexity index is 679. The fourth-order valence-corrected chi connectivity index (χ4v) is 1.70. The van der Waals surface area contributed by atoms with Crippen LogP contribution in [0.15, 0.2) is 30.5 Å². The Balaban J connectivity index is 1.94. The van der Waals surface area contributed by atoms with Gasteiger partial charge < -0.3 is 10.2 Å². The number of aromatic nitrogens is 3. The van der Waals surface area contributed by atoms with Gasteiger partial charge in [0.05, 0.1) is 6.20 Å². The molecular formula is C14H18N6O2. The van der Waals surface area contributed by atoms with Crippen molar-refractivity contribution in [1.82, 2.24) is 19.9 Å². The van der Waals surface area contributed by atoms with Gasteiger partial charge in [-0.15, -0.1) is 5.10 Å². The summed E-state index contributed by atoms with van der Waals surface area (Å²) in [5.41, 5.74) is 1.74. The van der Waals surface area contributed by atoms with E-state index in [0.717, 1.165) is 11.3 Å². The molecule has 2 aromatic rings. The molecule has 1 aromatic carbocycles. The Morgan fingerprint density at radius 3 is 2.64 bits per heavy atom. The zero-order chi connectivity index (χ0) is 16.1. The molecular weight excluding hydrogens is 284 g/mol. The molecule has 0 fully saturated rings. The van der Waals surface area contributed by atoms with Crippen molar-refractivity contribution < 1.29 is 9.59 Å². The van der Waals surface area contributed by atoms with E-state index in [9.17, 15) is 9.59 Å². The van der Waals surface area contributed by atoms with Gasteiger partial charge >= 0.3 is 6.03 Å². The number of nitrogens with zero attached hydrogens (tertiary/aromatic N) is 4. The molecule has 8 heteroatoms. The van der Waals surface area contributed by atoms with E-state index in [2.05, 4.69) is 20.9 Å². The van der Waals surface area contributed by atoms with Gasteiger partial charge in [0.1, 0.15) is 6.54 Å². The highest BCUT2D eigenvalue weighted by atomic mass is 16.2. The molecule has 0 saturated heterocycles. The molecule has 1 heterocycles. The number of carbonyl (C=O) groups excluding carboxylic acids is 2. The summed E-state index contributed by atoms with van der Waals surface area (Å²) in [4.78, 5) is 24.8. The minimum absolute atomic E-state index is 0.0131. The molecule has 0 aliphatic heterocycles. The van der Waals surface area contributed by atoms with Gasteiger partial charge in [-0.3, -0.25) is 10.1 Å². The molecule has 0 saturated carbocycles. The summed E-state index contributed by atoms with van der Waals surface area (Å²) in [7, 11) is 3.24. The fourth-order valence-electron chi connectivity index (χ4n) is 1.70. The third-order valence-corrected chi connectivity index (χ3v) is 2.90. The average Bonchev–Trinajstić information content (AvgIpc) is 2.88. The number of para-hydroxylation sites is 1. The number of aryl methyl sites for hydroxylation is 1. The second-order valence-electron chi connectivity index (χ2n) is 4.99. The van der Waals surface area contributed by atoms with Gasteiger partial charge in [-0.05, 0) is 18.6 Å². The van der Waals surface area contributed by atoms with Crippen LogP contribution >= 0.6 is 0 Å². The van der Waals surface area contributed by atoms with Crippen molar-refractivity contribution >= 4 is 23.4 Å². The summed E-state index contributed by atoms with van der Waals surface area (Å²) >= 11 is 0. The Labute approximate surface area is 128 Å². The molecule has 3 amide bonds. The Morgan fingerprint density at radius 1 is 1.23 bits per heavy atom. The van der Waals surface area contributed by atoms with E-state index in [4.69, 9.17) is 0 Å². The molecule has 0 radical (unpaired) electrons. The molecule has 1 aromatic heterocycles. The molecule has 0 unspecified atom stereocenters. The zero-order valence-corrected chi connectivity index (χ0v) is 12.7. The van der Waals surface area contributed by atoms with E-state index in [1.54, 1.807) is 14.1 Å². The van der Waals surface area contributed by atoms with Crippen molar-refractivity contribution in [3.8, 4) is 0 Å². The molecule has 0 atom stereocenters. The van der Waals surface area contributed by atoms with Gasteiger partial charge in [0.2, 0.25) is 5.91 Å². The first-order chi connectivity index (χ1) is 10.5. The van der Waals surface area contributed by atoms with Crippen LogP contribution in [0.4, 0.5) is 16.3 Å². The maximum atomic E-state index is 12.0. The van der Waals surface area contributed by atoms with Crippen molar-refractivity contribution in [3.05, 3.63) is 36.0 Å². The number of urea groups is 1. The van der Waals surface area contributed by atoms with Crippen LogP contribution in [-0.2, 0) is 11.3 Å². The molecule has 0 aliphatic rings. The molecule has 2 N–H and O–H groups in total. The summed E-state index contributed by atoms with van der Waals surface area (Å²) in [5.74, 6) is 0.0760. The number of benzene rings is 1. The largest absolute Gasteiger partial charge is 0.331 e. The van der Waals surface area contributed by atoms with Crippen molar-refractivity contribution in [3.63, 3.8) is 0 Å². The maximum absolute atomic E-state index is 12.0. The highest BCUT2D eigenvalue weighted by molar-refractivity contribution is 5.91.